The van der Waals surface area contributed by atoms with Crippen LogP contribution < -0.4 is 14.5 Å². The molecule has 1 N–H and O–H groups in total. The molecule has 3 rings (SSSR count). The second-order valence-corrected chi connectivity index (χ2v) is 9.06. The third-order valence-electron chi connectivity index (χ3n) is 4.90. The van der Waals surface area contributed by atoms with Crippen LogP contribution in [0.5, 0.6) is 0 Å². The molecule has 1 aliphatic rings. The Morgan fingerprint density at radius 2 is 1.90 bits per heavy atom. The number of amides is 2. The Kier molecular flexibility index (Phi) is 6.25. The van der Waals surface area contributed by atoms with Crippen molar-refractivity contribution in [3.63, 3.8) is 0 Å². The number of hydrogen-bond donors (Lipinski definition) is 1. The molecule has 1 atom stereocenters. The lowest BCUT2D eigenvalue weighted by molar-refractivity contribution is -0.384. The minimum atomic E-state index is -3.92. The highest BCUT2D eigenvalue weighted by atomic mass is 32.2. The fourth-order valence-corrected chi connectivity index (χ4v) is 4.61. The molecule has 31 heavy (non-hydrogen) atoms. The second-order valence-electron chi connectivity index (χ2n) is 7.20. The molecule has 0 unspecified atom stereocenters. The molecular formula is C20H22N4O6S. The van der Waals surface area contributed by atoms with Gasteiger partial charge in [-0.1, -0.05) is 6.07 Å². The summed E-state index contributed by atoms with van der Waals surface area (Å²) in [6, 6.07) is 10.6. The Morgan fingerprint density at radius 3 is 2.45 bits per heavy atom. The first-order valence-electron chi connectivity index (χ1n) is 9.53. The van der Waals surface area contributed by atoms with Crippen LogP contribution in [0.2, 0.25) is 0 Å². The summed E-state index contributed by atoms with van der Waals surface area (Å²) in [5.41, 5.74) is 0.885. The van der Waals surface area contributed by atoms with E-state index in [0.717, 1.165) is 28.7 Å². The first-order valence-corrected chi connectivity index (χ1v) is 11.4. The summed E-state index contributed by atoms with van der Waals surface area (Å²) < 4.78 is 25.6. The van der Waals surface area contributed by atoms with Crippen LogP contribution in [0.15, 0.2) is 48.5 Å². The van der Waals surface area contributed by atoms with Crippen molar-refractivity contribution < 1.29 is 22.9 Å². The van der Waals surface area contributed by atoms with Gasteiger partial charge in [0.25, 0.3) is 5.69 Å². The number of carbonyl (C=O) groups is 2. The standard InChI is InChI=1S/C20H22N4O6S/c1-14(23(31(2,29)30)17-5-3-6-18(13-17)24(27)28)20(26)21-15-8-10-16(11-9-15)22-12-4-7-19(22)25/h3,5-6,8-11,13-14H,4,7,12H2,1-2H3,(H,21,26)/t14-/m1/s1. The van der Waals surface area contributed by atoms with Crippen LogP contribution in [0.1, 0.15) is 19.8 Å². The minimum Gasteiger partial charge on any atom is -0.324 e. The summed E-state index contributed by atoms with van der Waals surface area (Å²) in [6.07, 6.45) is 2.24. The second kappa shape index (κ2) is 8.72. The van der Waals surface area contributed by atoms with Crippen molar-refractivity contribution in [1.29, 1.82) is 0 Å². The van der Waals surface area contributed by atoms with Crippen LogP contribution in [0.4, 0.5) is 22.7 Å². The first-order chi connectivity index (χ1) is 14.6. The molecule has 2 aromatic rings. The van der Waals surface area contributed by atoms with Crippen LogP contribution in [-0.4, -0.2) is 44.0 Å². The molecule has 0 aliphatic carbocycles. The molecule has 0 radical (unpaired) electrons. The van der Waals surface area contributed by atoms with Gasteiger partial charge < -0.3 is 10.2 Å². The van der Waals surface area contributed by atoms with Gasteiger partial charge in [-0.15, -0.1) is 0 Å². The number of nitro groups is 1. The molecule has 0 saturated carbocycles. The van der Waals surface area contributed by atoms with Gasteiger partial charge in [-0.3, -0.25) is 24.0 Å². The summed E-state index contributed by atoms with van der Waals surface area (Å²) in [5.74, 6) is -0.562. The highest BCUT2D eigenvalue weighted by Crippen LogP contribution is 2.27. The molecular weight excluding hydrogens is 424 g/mol. The fraction of sp³-hybridized carbons (Fsp3) is 0.300. The minimum absolute atomic E-state index is 0.0160. The fourth-order valence-electron chi connectivity index (χ4n) is 3.45. The lowest BCUT2D eigenvalue weighted by Gasteiger charge is -2.28. The van der Waals surface area contributed by atoms with Crippen LogP contribution >= 0.6 is 0 Å². The first kappa shape index (κ1) is 22.2. The van der Waals surface area contributed by atoms with Gasteiger partial charge >= 0.3 is 0 Å². The summed E-state index contributed by atoms with van der Waals surface area (Å²) >= 11 is 0. The zero-order chi connectivity index (χ0) is 22.8. The Labute approximate surface area is 179 Å². The van der Waals surface area contributed by atoms with Crippen molar-refractivity contribution in [2.75, 3.05) is 27.3 Å². The van der Waals surface area contributed by atoms with Crippen molar-refractivity contribution in [2.24, 2.45) is 0 Å². The number of hydrogen-bond acceptors (Lipinski definition) is 6. The maximum Gasteiger partial charge on any atom is 0.271 e. The Hall–Kier alpha value is -3.47. The van der Waals surface area contributed by atoms with Crippen LogP contribution in [0.3, 0.4) is 0 Å². The summed E-state index contributed by atoms with van der Waals surface area (Å²) in [5, 5.41) is 13.7. The Morgan fingerprint density at radius 1 is 1.23 bits per heavy atom. The summed E-state index contributed by atoms with van der Waals surface area (Å²) in [7, 11) is -3.92. The lowest BCUT2D eigenvalue weighted by atomic mass is 10.2. The van der Waals surface area contributed by atoms with Gasteiger partial charge in [0.1, 0.15) is 6.04 Å². The highest BCUT2D eigenvalue weighted by Gasteiger charge is 2.30. The number of nitro benzene ring substituents is 1. The zero-order valence-corrected chi connectivity index (χ0v) is 17.8. The number of rotatable bonds is 7. The molecule has 1 fully saturated rings. The van der Waals surface area contributed by atoms with Crippen molar-refractivity contribution in [3.8, 4) is 0 Å². The molecule has 164 valence electrons. The molecule has 1 saturated heterocycles. The van der Waals surface area contributed by atoms with Crippen LogP contribution in [0.25, 0.3) is 0 Å². The SMILES string of the molecule is C[C@H](C(=O)Nc1ccc(N2CCCC2=O)cc1)N(c1cccc([N+](=O)[O-])c1)S(C)(=O)=O. The number of anilines is 3. The predicted molar refractivity (Wildman–Crippen MR) is 117 cm³/mol. The quantitative estimate of drug-likeness (QED) is 0.514. The van der Waals surface area contributed by atoms with Gasteiger partial charge in [0.05, 0.1) is 16.9 Å². The van der Waals surface area contributed by atoms with E-state index >= 15 is 0 Å². The van der Waals surface area contributed by atoms with E-state index in [2.05, 4.69) is 5.32 Å². The van der Waals surface area contributed by atoms with Gasteiger partial charge in [0.15, 0.2) is 0 Å². The molecule has 0 aromatic heterocycles. The van der Waals surface area contributed by atoms with E-state index in [1.807, 2.05) is 0 Å². The van der Waals surface area contributed by atoms with Crippen molar-refractivity contribution in [2.45, 2.75) is 25.8 Å². The molecule has 1 heterocycles. The normalized spacial score (nSPS) is 14.9. The number of benzene rings is 2. The maximum absolute atomic E-state index is 12.8. The van der Waals surface area contributed by atoms with Crippen molar-refractivity contribution >= 4 is 44.6 Å². The molecule has 1 aliphatic heterocycles. The third kappa shape index (κ3) is 5.00. The molecule has 0 bridgehead atoms. The van der Waals surface area contributed by atoms with Gasteiger partial charge in [0.2, 0.25) is 21.8 Å². The van der Waals surface area contributed by atoms with E-state index in [1.165, 1.54) is 25.1 Å². The average molecular weight is 446 g/mol. The Balaban J connectivity index is 1.80. The molecule has 10 nitrogen and oxygen atoms in total. The van der Waals surface area contributed by atoms with E-state index in [1.54, 1.807) is 29.2 Å². The van der Waals surface area contributed by atoms with Gasteiger partial charge in [0, 0.05) is 36.5 Å². The molecule has 11 heteroatoms. The summed E-state index contributed by atoms with van der Waals surface area (Å²) in [4.78, 5) is 36.7. The van der Waals surface area contributed by atoms with E-state index in [9.17, 15) is 28.1 Å². The van der Waals surface area contributed by atoms with E-state index < -0.39 is 26.9 Å². The number of nitrogens with zero attached hydrogens (tertiary/aromatic N) is 3. The molecule has 2 aromatic carbocycles. The predicted octanol–water partition coefficient (Wildman–Crippen LogP) is 2.51. The van der Waals surface area contributed by atoms with Crippen LogP contribution in [0, 0.1) is 10.1 Å². The maximum atomic E-state index is 12.8. The smallest absolute Gasteiger partial charge is 0.271 e. The zero-order valence-electron chi connectivity index (χ0n) is 17.0. The number of non-ortho nitro benzene ring substituents is 1. The van der Waals surface area contributed by atoms with E-state index in [-0.39, 0.29) is 17.3 Å². The Bertz CT molecular complexity index is 1120. The lowest BCUT2D eigenvalue weighted by Crippen LogP contribution is -2.45. The number of sulfonamides is 1. The average Bonchev–Trinajstić information content (AvgIpc) is 3.13. The summed E-state index contributed by atoms with van der Waals surface area (Å²) in [6.45, 7) is 2.04. The number of nitrogens with one attached hydrogen (secondary N) is 1. The van der Waals surface area contributed by atoms with E-state index in [4.69, 9.17) is 0 Å². The van der Waals surface area contributed by atoms with Gasteiger partial charge in [-0.05, 0) is 43.7 Å². The molecule has 2 amide bonds. The largest absolute Gasteiger partial charge is 0.324 e. The number of carbonyl (C=O) groups excluding carboxylic acids is 2. The van der Waals surface area contributed by atoms with Gasteiger partial charge in [-0.25, -0.2) is 8.42 Å². The van der Waals surface area contributed by atoms with E-state index in [0.29, 0.717) is 18.7 Å². The van der Waals surface area contributed by atoms with Crippen LogP contribution in [-0.2, 0) is 19.6 Å². The van der Waals surface area contributed by atoms with Gasteiger partial charge in [-0.2, -0.15) is 0 Å². The van der Waals surface area contributed by atoms with Crippen molar-refractivity contribution in [3.05, 3.63) is 58.6 Å². The highest BCUT2D eigenvalue weighted by molar-refractivity contribution is 7.92. The topological polar surface area (TPSA) is 130 Å². The molecule has 0 spiro atoms. The monoisotopic (exact) mass is 446 g/mol. The van der Waals surface area contributed by atoms with Crippen molar-refractivity contribution in [1.82, 2.24) is 0 Å². The third-order valence-corrected chi connectivity index (χ3v) is 6.15.